The van der Waals surface area contributed by atoms with Crippen molar-refractivity contribution in [3.8, 4) is 0 Å². The molecule has 1 aromatic rings. The number of nitrogens with zero attached hydrogens (tertiary/aromatic N) is 1. The van der Waals surface area contributed by atoms with Crippen LogP contribution in [0.15, 0.2) is 18.3 Å². The summed E-state index contributed by atoms with van der Waals surface area (Å²) in [6.07, 6.45) is 2.60. The number of aromatic nitrogens is 1. The molecule has 0 aliphatic heterocycles. The maximum atomic E-state index is 8.84. The van der Waals surface area contributed by atoms with Crippen LogP contribution in [0.3, 0.4) is 0 Å². The molecule has 1 unspecified atom stereocenters. The third kappa shape index (κ3) is 1.81. The van der Waals surface area contributed by atoms with Crippen molar-refractivity contribution in [1.29, 1.82) is 0 Å². The largest absolute Gasteiger partial charge is 0.394 e. The van der Waals surface area contributed by atoms with Gasteiger partial charge in [-0.25, -0.2) is 0 Å². The highest BCUT2D eigenvalue weighted by molar-refractivity contribution is 5.22. The summed E-state index contributed by atoms with van der Waals surface area (Å²) in [7, 11) is 0. The zero-order valence-electron chi connectivity index (χ0n) is 7.20. The first kappa shape index (κ1) is 9.16. The molecule has 1 aromatic heterocycles. The molecule has 1 atom stereocenters. The lowest BCUT2D eigenvalue weighted by atomic mass is 10.1. The molecule has 66 valence electrons. The van der Waals surface area contributed by atoms with E-state index in [1.165, 1.54) is 0 Å². The van der Waals surface area contributed by atoms with Gasteiger partial charge in [0.1, 0.15) is 0 Å². The lowest BCUT2D eigenvalue weighted by Crippen LogP contribution is -2.17. The lowest BCUT2D eigenvalue weighted by Gasteiger charge is -2.10. The van der Waals surface area contributed by atoms with E-state index in [9.17, 15) is 0 Å². The molecule has 0 aliphatic carbocycles. The summed E-state index contributed by atoms with van der Waals surface area (Å²) >= 11 is 0. The first-order valence-corrected chi connectivity index (χ1v) is 4.09. The summed E-state index contributed by atoms with van der Waals surface area (Å²) in [4.78, 5) is 4.14. The van der Waals surface area contributed by atoms with Crippen molar-refractivity contribution in [1.82, 2.24) is 4.98 Å². The molecule has 12 heavy (non-hydrogen) atoms. The van der Waals surface area contributed by atoms with E-state index in [4.69, 9.17) is 10.8 Å². The van der Waals surface area contributed by atoms with E-state index in [0.29, 0.717) is 0 Å². The molecular formula is C9H14N2O. The van der Waals surface area contributed by atoms with Gasteiger partial charge in [-0.15, -0.1) is 0 Å². The monoisotopic (exact) mass is 166 g/mol. The minimum Gasteiger partial charge on any atom is -0.394 e. The van der Waals surface area contributed by atoms with Gasteiger partial charge < -0.3 is 10.8 Å². The summed E-state index contributed by atoms with van der Waals surface area (Å²) in [5, 5.41) is 8.84. The van der Waals surface area contributed by atoms with Crippen molar-refractivity contribution in [2.24, 2.45) is 5.73 Å². The molecular weight excluding hydrogens is 152 g/mol. The summed E-state index contributed by atoms with van der Waals surface area (Å²) in [6, 6.07) is 3.52. The van der Waals surface area contributed by atoms with Crippen LogP contribution < -0.4 is 5.73 Å². The lowest BCUT2D eigenvalue weighted by molar-refractivity contribution is 0.265. The van der Waals surface area contributed by atoms with Gasteiger partial charge in [-0.05, 0) is 18.1 Å². The van der Waals surface area contributed by atoms with Crippen molar-refractivity contribution in [2.75, 3.05) is 6.61 Å². The van der Waals surface area contributed by atoms with Crippen LogP contribution in [0.2, 0.25) is 0 Å². The molecule has 0 radical (unpaired) electrons. The highest BCUT2D eigenvalue weighted by Gasteiger charge is 2.08. The van der Waals surface area contributed by atoms with Crippen LogP contribution in [0.1, 0.15) is 24.2 Å². The van der Waals surface area contributed by atoms with Crippen LogP contribution in [0.4, 0.5) is 0 Å². The maximum Gasteiger partial charge on any atom is 0.0707 e. The Balaban J connectivity index is 2.96. The van der Waals surface area contributed by atoms with Gasteiger partial charge in [-0.3, -0.25) is 4.98 Å². The molecule has 0 bridgehead atoms. The predicted molar refractivity (Wildman–Crippen MR) is 47.6 cm³/mol. The zero-order valence-corrected chi connectivity index (χ0v) is 7.20. The number of hydrogen-bond donors (Lipinski definition) is 2. The predicted octanol–water partition coefficient (Wildman–Crippen LogP) is 0.636. The summed E-state index contributed by atoms with van der Waals surface area (Å²) in [5.74, 6) is 0. The molecule has 1 rings (SSSR count). The molecule has 0 amide bonds. The minimum absolute atomic E-state index is 0.0516. The van der Waals surface area contributed by atoms with Crippen molar-refractivity contribution in [2.45, 2.75) is 19.4 Å². The van der Waals surface area contributed by atoms with Gasteiger partial charge >= 0.3 is 0 Å². The normalized spacial score (nSPS) is 12.9. The van der Waals surface area contributed by atoms with Gasteiger partial charge in [0.05, 0.1) is 18.3 Å². The minimum atomic E-state index is -0.346. The average molecular weight is 166 g/mol. The highest BCUT2D eigenvalue weighted by Crippen LogP contribution is 2.12. The Morgan fingerprint density at radius 2 is 2.42 bits per heavy atom. The van der Waals surface area contributed by atoms with Gasteiger partial charge in [0.25, 0.3) is 0 Å². The van der Waals surface area contributed by atoms with E-state index in [1.54, 1.807) is 6.20 Å². The Kier molecular flexibility index (Phi) is 3.19. The quantitative estimate of drug-likeness (QED) is 0.692. The second kappa shape index (κ2) is 4.18. The molecule has 0 aliphatic rings. The molecule has 0 spiro atoms. The van der Waals surface area contributed by atoms with E-state index in [2.05, 4.69) is 4.98 Å². The van der Waals surface area contributed by atoms with Gasteiger partial charge in [-0.1, -0.05) is 13.0 Å². The number of hydrogen-bond acceptors (Lipinski definition) is 3. The molecule has 3 N–H and O–H groups in total. The Bertz CT molecular complexity index is 250. The molecule has 0 aromatic carbocycles. The number of nitrogens with two attached hydrogens (primary N) is 1. The van der Waals surface area contributed by atoms with Crippen LogP contribution in [0, 0.1) is 0 Å². The van der Waals surface area contributed by atoms with E-state index in [-0.39, 0.29) is 12.6 Å². The van der Waals surface area contributed by atoms with Gasteiger partial charge in [0, 0.05) is 6.20 Å². The molecule has 3 nitrogen and oxygen atoms in total. The topological polar surface area (TPSA) is 59.1 Å². The molecule has 0 saturated carbocycles. The number of pyridine rings is 1. The second-order valence-electron chi connectivity index (χ2n) is 2.69. The molecule has 0 fully saturated rings. The zero-order chi connectivity index (χ0) is 8.97. The standard InChI is InChI=1S/C9H14N2O/c1-2-7-4-3-5-11-9(7)8(10)6-12/h3-5,8,12H,2,6,10H2,1H3. The van der Waals surface area contributed by atoms with Crippen molar-refractivity contribution < 1.29 is 5.11 Å². The highest BCUT2D eigenvalue weighted by atomic mass is 16.3. The van der Waals surface area contributed by atoms with Crippen molar-refractivity contribution in [3.05, 3.63) is 29.6 Å². The van der Waals surface area contributed by atoms with E-state index in [1.807, 2.05) is 19.1 Å². The summed E-state index contributed by atoms with van der Waals surface area (Å²) in [5.41, 5.74) is 7.58. The van der Waals surface area contributed by atoms with Crippen LogP contribution in [-0.4, -0.2) is 16.7 Å². The number of aliphatic hydroxyl groups is 1. The van der Waals surface area contributed by atoms with E-state index >= 15 is 0 Å². The summed E-state index contributed by atoms with van der Waals surface area (Å²) in [6.45, 7) is 1.99. The summed E-state index contributed by atoms with van der Waals surface area (Å²) < 4.78 is 0. The molecule has 0 saturated heterocycles. The number of aryl methyl sites for hydroxylation is 1. The first-order chi connectivity index (χ1) is 5.79. The third-order valence-corrected chi connectivity index (χ3v) is 1.85. The fourth-order valence-corrected chi connectivity index (χ4v) is 1.17. The Morgan fingerprint density at radius 1 is 1.67 bits per heavy atom. The number of aliphatic hydroxyl groups excluding tert-OH is 1. The molecule has 1 heterocycles. The second-order valence-corrected chi connectivity index (χ2v) is 2.69. The smallest absolute Gasteiger partial charge is 0.0707 e. The third-order valence-electron chi connectivity index (χ3n) is 1.85. The van der Waals surface area contributed by atoms with Crippen LogP contribution in [-0.2, 0) is 6.42 Å². The molecule has 3 heteroatoms. The Hall–Kier alpha value is -0.930. The van der Waals surface area contributed by atoms with Gasteiger partial charge in [0.2, 0.25) is 0 Å². The van der Waals surface area contributed by atoms with Crippen LogP contribution in [0.5, 0.6) is 0 Å². The fourth-order valence-electron chi connectivity index (χ4n) is 1.17. The van der Waals surface area contributed by atoms with Gasteiger partial charge in [0.15, 0.2) is 0 Å². The SMILES string of the molecule is CCc1cccnc1C(N)CO. The van der Waals surface area contributed by atoms with E-state index < -0.39 is 0 Å². The van der Waals surface area contributed by atoms with Crippen molar-refractivity contribution >= 4 is 0 Å². The van der Waals surface area contributed by atoms with Gasteiger partial charge in [-0.2, -0.15) is 0 Å². The van der Waals surface area contributed by atoms with E-state index in [0.717, 1.165) is 17.7 Å². The van der Waals surface area contributed by atoms with Crippen LogP contribution in [0.25, 0.3) is 0 Å². The Labute approximate surface area is 72.2 Å². The first-order valence-electron chi connectivity index (χ1n) is 4.09. The van der Waals surface area contributed by atoms with Crippen molar-refractivity contribution in [3.63, 3.8) is 0 Å². The fraction of sp³-hybridized carbons (Fsp3) is 0.444. The number of rotatable bonds is 3. The maximum absolute atomic E-state index is 8.84. The Morgan fingerprint density at radius 3 is 3.00 bits per heavy atom. The average Bonchev–Trinajstić information content (AvgIpc) is 2.16. The van der Waals surface area contributed by atoms with Crippen LogP contribution >= 0.6 is 0 Å².